The van der Waals surface area contributed by atoms with Crippen LogP contribution in [0.15, 0.2) is 28.8 Å². The molecule has 0 saturated heterocycles. The highest BCUT2D eigenvalue weighted by Gasteiger charge is 2.30. The fourth-order valence-electron chi connectivity index (χ4n) is 2.41. The number of rotatable bonds is 8. The zero-order chi connectivity index (χ0) is 18.2. The molecule has 2 heterocycles. The van der Waals surface area contributed by atoms with Crippen LogP contribution in [0.1, 0.15) is 31.6 Å². The molecule has 0 aliphatic carbocycles. The Morgan fingerprint density at radius 1 is 1.36 bits per heavy atom. The van der Waals surface area contributed by atoms with Crippen molar-refractivity contribution in [3.63, 3.8) is 0 Å². The van der Waals surface area contributed by atoms with Crippen LogP contribution >= 0.6 is 23.6 Å². The minimum atomic E-state index is -0.506. The molecule has 1 aliphatic rings. The van der Waals surface area contributed by atoms with E-state index in [1.807, 2.05) is 11.4 Å². The number of ether oxygens (including phenoxy) is 2. The van der Waals surface area contributed by atoms with E-state index in [-0.39, 0.29) is 19.0 Å². The molecule has 1 unspecified atom stereocenters. The third-order valence-corrected chi connectivity index (χ3v) is 4.82. The van der Waals surface area contributed by atoms with Gasteiger partial charge >= 0.3 is 11.9 Å². The molecule has 6 nitrogen and oxygen atoms in total. The smallest absolute Gasteiger partial charge is 0.338 e. The normalized spacial score (nSPS) is 16.9. The van der Waals surface area contributed by atoms with E-state index in [1.54, 1.807) is 25.2 Å². The van der Waals surface area contributed by atoms with E-state index in [0.717, 1.165) is 12.8 Å². The van der Waals surface area contributed by atoms with Crippen LogP contribution in [-0.4, -0.2) is 36.3 Å². The van der Waals surface area contributed by atoms with Crippen molar-refractivity contribution in [3.05, 3.63) is 33.7 Å². The van der Waals surface area contributed by atoms with Crippen LogP contribution in [0.2, 0.25) is 0 Å². The number of thiocarbonyl (C=S) groups is 1. The highest BCUT2D eigenvalue weighted by atomic mass is 32.1. The van der Waals surface area contributed by atoms with Gasteiger partial charge in [-0.05, 0) is 43.4 Å². The summed E-state index contributed by atoms with van der Waals surface area (Å²) in [5, 5.41) is 8.29. The zero-order valence-electron chi connectivity index (χ0n) is 14.3. The molecule has 0 bridgehead atoms. The summed E-state index contributed by atoms with van der Waals surface area (Å²) in [5.74, 6) is -0.753. The maximum atomic E-state index is 12.5. The lowest BCUT2D eigenvalue weighted by atomic mass is 10.0. The first-order valence-electron chi connectivity index (χ1n) is 8.14. The Bertz CT molecular complexity index is 656. The van der Waals surface area contributed by atoms with Crippen LogP contribution in [0.25, 0.3) is 0 Å². The summed E-state index contributed by atoms with van der Waals surface area (Å²) >= 11 is 6.80. The molecule has 1 aromatic heterocycles. The lowest BCUT2D eigenvalue weighted by Crippen LogP contribution is -2.52. The number of hydrogen-bond donors (Lipinski definition) is 2. The first-order valence-corrected chi connectivity index (χ1v) is 9.43. The minimum absolute atomic E-state index is 0.0332. The van der Waals surface area contributed by atoms with Crippen LogP contribution in [0, 0.1) is 0 Å². The van der Waals surface area contributed by atoms with Gasteiger partial charge in [0.1, 0.15) is 6.61 Å². The molecule has 0 aromatic carbocycles. The van der Waals surface area contributed by atoms with Gasteiger partial charge in [-0.2, -0.15) is 0 Å². The van der Waals surface area contributed by atoms with E-state index in [9.17, 15) is 9.59 Å². The summed E-state index contributed by atoms with van der Waals surface area (Å²) in [6.45, 7) is 3.83. The molecule has 0 amide bonds. The summed E-state index contributed by atoms with van der Waals surface area (Å²) in [7, 11) is 0. The number of thiophene rings is 1. The lowest BCUT2D eigenvalue weighted by Gasteiger charge is -2.29. The summed E-state index contributed by atoms with van der Waals surface area (Å²) in [6.07, 6.45) is 1.91. The summed E-state index contributed by atoms with van der Waals surface area (Å²) in [5.41, 5.74) is 1.03. The largest absolute Gasteiger partial charge is 0.463 e. The molecule has 136 valence electrons. The molecule has 8 heteroatoms. The number of aryl methyl sites for hydroxylation is 1. The van der Waals surface area contributed by atoms with Gasteiger partial charge in [0.15, 0.2) is 5.11 Å². The predicted molar refractivity (Wildman–Crippen MR) is 100 cm³/mol. The first kappa shape index (κ1) is 19.4. The Morgan fingerprint density at radius 3 is 2.84 bits per heavy atom. The van der Waals surface area contributed by atoms with E-state index in [1.165, 1.54) is 4.88 Å². The van der Waals surface area contributed by atoms with Gasteiger partial charge in [-0.25, -0.2) is 4.79 Å². The molecule has 1 aromatic rings. The summed E-state index contributed by atoms with van der Waals surface area (Å²) < 4.78 is 10.5. The van der Waals surface area contributed by atoms with Gasteiger partial charge in [-0.3, -0.25) is 4.79 Å². The van der Waals surface area contributed by atoms with Gasteiger partial charge in [-0.1, -0.05) is 13.0 Å². The van der Waals surface area contributed by atoms with Crippen molar-refractivity contribution >= 4 is 40.6 Å². The van der Waals surface area contributed by atoms with Gasteiger partial charge in [-0.15, -0.1) is 11.3 Å². The van der Waals surface area contributed by atoms with E-state index in [2.05, 4.69) is 16.7 Å². The van der Waals surface area contributed by atoms with Gasteiger partial charge < -0.3 is 20.1 Å². The fraction of sp³-hybridized carbons (Fsp3) is 0.471. The molecule has 1 atom stereocenters. The molecule has 0 fully saturated rings. The number of hydrogen-bond acceptors (Lipinski definition) is 6. The van der Waals surface area contributed by atoms with Gasteiger partial charge in [0.25, 0.3) is 0 Å². The Balaban J connectivity index is 1.91. The lowest BCUT2D eigenvalue weighted by molar-refractivity contribution is -0.145. The molecular weight excluding hydrogens is 360 g/mol. The average Bonchev–Trinajstić information content (AvgIpc) is 3.09. The second-order valence-corrected chi connectivity index (χ2v) is 6.99. The molecule has 25 heavy (non-hydrogen) atoms. The summed E-state index contributed by atoms with van der Waals surface area (Å²) in [6, 6.07) is 3.56. The predicted octanol–water partition coefficient (Wildman–Crippen LogP) is 2.30. The Hall–Kier alpha value is -1.93. The van der Waals surface area contributed by atoms with Gasteiger partial charge in [0.2, 0.25) is 0 Å². The SMILES string of the molecule is CCC(=O)OCC1NC(=S)NC(C)=C1C(=O)OCCCc1cccs1. The Kier molecular flexibility index (Phi) is 7.39. The van der Waals surface area contributed by atoms with Gasteiger partial charge in [0, 0.05) is 17.0 Å². The monoisotopic (exact) mass is 382 g/mol. The van der Waals surface area contributed by atoms with Crippen LogP contribution in [0.3, 0.4) is 0 Å². The van der Waals surface area contributed by atoms with Crippen molar-refractivity contribution in [1.82, 2.24) is 10.6 Å². The molecule has 0 radical (unpaired) electrons. The van der Waals surface area contributed by atoms with Crippen molar-refractivity contribution in [2.45, 2.75) is 39.2 Å². The van der Waals surface area contributed by atoms with Crippen LogP contribution in [-0.2, 0) is 25.5 Å². The van der Waals surface area contributed by atoms with E-state index < -0.39 is 12.0 Å². The minimum Gasteiger partial charge on any atom is -0.463 e. The Labute approximate surface area is 156 Å². The van der Waals surface area contributed by atoms with Gasteiger partial charge in [0.05, 0.1) is 18.2 Å². The highest BCUT2D eigenvalue weighted by molar-refractivity contribution is 7.80. The van der Waals surface area contributed by atoms with Crippen molar-refractivity contribution < 1.29 is 19.1 Å². The zero-order valence-corrected chi connectivity index (χ0v) is 15.9. The quantitative estimate of drug-likeness (QED) is 0.406. The third-order valence-electron chi connectivity index (χ3n) is 3.66. The standard InChI is InChI=1S/C17H22N2O4S2/c1-3-14(20)23-10-13-15(11(2)18-17(24)19-13)16(21)22-8-4-6-12-7-5-9-25-12/h5,7,9,13H,3-4,6,8,10H2,1-2H3,(H2,18,19,24). The maximum absolute atomic E-state index is 12.5. The number of carbonyl (C=O) groups excluding carboxylic acids is 2. The van der Waals surface area contributed by atoms with Crippen molar-refractivity contribution in [2.75, 3.05) is 13.2 Å². The molecule has 0 saturated carbocycles. The third kappa shape index (κ3) is 5.82. The molecule has 2 rings (SSSR count). The van der Waals surface area contributed by atoms with Crippen molar-refractivity contribution in [3.8, 4) is 0 Å². The number of esters is 2. The second kappa shape index (κ2) is 9.53. The topological polar surface area (TPSA) is 76.7 Å². The molecule has 0 spiro atoms. The van der Waals surface area contributed by atoms with E-state index in [4.69, 9.17) is 21.7 Å². The second-order valence-electron chi connectivity index (χ2n) is 5.55. The molecular formula is C17H22N2O4S2. The van der Waals surface area contributed by atoms with E-state index >= 15 is 0 Å². The summed E-state index contributed by atoms with van der Waals surface area (Å²) in [4.78, 5) is 25.1. The van der Waals surface area contributed by atoms with Crippen LogP contribution < -0.4 is 10.6 Å². The van der Waals surface area contributed by atoms with Crippen LogP contribution in [0.5, 0.6) is 0 Å². The molecule has 1 aliphatic heterocycles. The maximum Gasteiger partial charge on any atom is 0.338 e. The number of nitrogens with one attached hydrogen (secondary N) is 2. The fourth-order valence-corrected chi connectivity index (χ4v) is 3.45. The molecule has 2 N–H and O–H groups in total. The van der Waals surface area contributed by atoms with Crippen molar-refractivity contribution in [1.29, 1.82) is 0 Å². The van der Waals surface area contributed by atoms with E-state index in [0.29, 0.717) is 23.0 Å². The highest BCUT2D eigenvalue weighted by Crippen LogP contribution is 2.16. The first-order chi connectivity index (χ1) is 12.0. The average molecular weight is 383 g/mol. The van der Waals surface area contributed by atoms with Crippen LogP contribution in [0.4, 0.5) is 0 Å². The Morgan fingerprint density at radius 2 is 2.16 bits per heavy atom. The van der Waals surface area contributed by atoms with Crippen molar-refractivity contribution in [2.24, 2.45) is 0 Å². The number of allylic oxidation sites excluding steroid dienone is 1. The number of carbonyl (C=O) groups is 2.